The summed E-state index contributed by atoms with van der Waals surface area (Å²) in [7, 11) is -0.220. The third kappa shape index (κ3) is 3.01. The largest absolute Gasteiger partial charge is 0.327 e. The van der Waals surface area contributed by atoms with Crippen molar-refractivity contribution < 1.29 is 13.9 Å². The molecule has 0 saturated heterocycles. The minimum atomic E-state index is -0.220. The van der Waals surface area contributed by atoms with E-state index in [4.69, 9.17) is 0 Å². The van der Waals surface area contributed by atoms with Gasteiger partial charge in [-0.2, -0.15) is 0 Å². The maximum absolute atomic E-state index is 12.4. The molecular weight excluding hydrogens is 295 g/mol. The van der Waals surface area contributed by atoms with Crippen LogP contribution in [-0.2, 0) is 9.09 Å². The molecule has 0 bridgehead atoms. The summed E-state index contributed by atoms with van der Waals surface area (Å²) < 4.78 is 13.5. The number of ketones is 1. The van der Waals surface area contributed by atoms with E-state index in [1.165, 1.54) is 16.7 Å². The Morgan fingerprint density at radius 2 is 1.77 bits per heavy atom. The van der Waals surface area contributed by atoms with Crippen molar-refractivity contribution >= 4 is 14.5 Å². The van der Waals surface area contributed by atoms with E-state index in [1.54, 1.807) is 6.92 Å². The van der Waals surface area contributed by atoms with Crippen LogP contribution in [0.15, 0.2) is 30.3 Å². The van der Waals surface area contributed by atoms with Crippen LogP contribution < -0.4 is 0 Å². The maximum atomic E-state index is 12.4. The Labute approximate surface area is 132 Å². The second kappa shape index (κ2) is 6.95. The monoisotopic (exact) mass is 314 g/mol. The smallest absolute Gasteiger partial charge is 0.295 e. The quantitative estimate of drug-likeness (QED) is 0.500. The highest BCUT2D eigenvalue weighted by Crippen LogP contribution is 2.38. The van der Waals surface area contributed by atoms with Crippen molar-refractivity contribution in [2.45, 2.75) is 27.7 Å². The van der Waals surface area contributed by atoms with Crippen LogP contribution in [0.5, 0.6) is 0 Å². The van der Waals surface area contributed by atoms with Gasteiger partial charge in [-0.25, -0.2) is 4.57 Å². The number of hydrogen-bond acceptors (Lipinski definition) is 3. The molecule has 1 aromatic rings. The first-order valence-electron chi connectivity index (χ1n) is 7.21. The zero-order chi connectivity index (χ0) is 16.3. The number of benzene rings is 2. The van der Waals surface area contributed by atoms with E-state index in [9.17, 15) is 9.36 Å². The predicted molar refractivity (Wildman–Crippen MR) is 88.8 cm³/mol. The Balaban J connectivity index is 0.000000309. The van der Waals surface area contributed by atoms with Crippen molar-refractivity contribution in [3.8, 4) is 11.1 Å². The molecule has 0 amide bonds. The molecule has 0 N–H and O–H groups in total. The Morgan fingerprint density at radius 3 is 2.18 bits per heavy atom. The molecule has 22 heavy (non-hydrogen) atoms. The summed E-state index contributed by atoms with van der Waals surface area (Å²) in [5, 5.41) is 0. The van der Waals surface area contributed by atoms with Crippen LogP contribution in [0.1, 0.15) is 39.5 Å². The van der Waals surface area contributed by atoms with E-state index < -0.39 is 0 Å². The Bertz CT molecular complexity index is 735. The summed E-state index contributed by atoms with van der Waals surface area (Å²) in [5.41, 5.74) is 7.62. The highest BCUT2D eigenvalue weighted by molar-refractivity contribution is 7.17. The Kier molecular flexibility index (Phi) is 5.23. The number of carbonyl (C=O) groups excluding carboxylic acids is 1. The van der Waals surface area contributed by atoms with Crippen LogP contribution in [0.25, 0.3) is 11.1 Å². The fourth-order valence-electron chi connectivity index (χ4n) is 2.38. The van der Waals surface area contributed by atoms with Gasteiger partial charge in [0.1, 0.15) is 0 Å². The lowest BCUT2D eigenvalue weighted by Crippen LogP contribution is -2.11. The fourth-order valence-corrected chi connectivity index (χ4v) is 2.48. The molecule has 0 atom stereocenters. The summed E-state index contributed by atoms with van der Waals surface area (Å²) in [4.78, 5) is 12.4. The van der Waals surface area contributed by atoms with Crippen molar-refractivity contribution in [1.29, 1.82) is 0 Å². The van der Waals surface area contributed by atoms with Crippen molar-refractivity contribution in [3.05, 3.63) is 58.1 Å². The average Bonchev–Trinajstić information content (AvgIpc) is 2.48. The van der Waals surface area contributed by atoms with Gasteiger partial charge in [-0.3, -0.25) is 9.32 Å². The van der Waals surface area contributed by atoms with Crippen LogP contribution in [0.3, 0.4) is 0 Å². The van der Waals surface area contributed by atoms with Gasteiger partial charge in [0.15, 0.2) is 5.78 Å². The molecular formula is C18H19O3P. The standard InChI is InChI=1S/C16H14O.C2H5O2P/c1-9-4-6-13(11(3)10(9)2)16(17)15-8-12-5-7-14(12)15;1-2-4-5-3/h4-8H,1-3H3;2H2,1H3. The van der Waals surface area contributed by atoms with E-state index in [-0.39, 0.29) is 14.5 Å². The van der Waals surface area contributed by atoms with E-state index in [2.05, 4.69) is 18.4 Å². The molecule has 0 saturated carbocycles. The molecule has 0 aromatic heterocycles. The highest BCUT2D eigenvalue weighted by atomic mass is 31.1. The summed E-state index contributed by atoms with van der Waals surface area (Å²) in [6, 6.07) is 10.0. The van der Waals surface area contributed by atoms with Crippen molar-refractivity contribution in [1.82, 2.24) is 0 Å². The van der Waals surface area contributed by atoms with Crippen molar-refractivity contribution in [2.75, 3.05) is 6.61 Å². The lowest BCUT2D eigenvalue weighted by atomic mass is 9.81. The summed E-state index contributed by atoms with van der Waals surface area (Å²) in [6.07, 6.45) is 0. The first-order valence-corrected chi connectivity index (χ1v) is 7.94. The molecule has 4 heteroatoms. The van der Waals surface area contributed by atoms with Crippen molar-refractivity contribution in [2.24, 2.45) is 0 Å². The molecule has 0 heterocycles. The van der Waals surface area contributed by atoms with Crippen molar-refractivity contribution in [3.63, 3.8) is 0 Å². The van der Waals surface area contributed by atoms with Gasteiger partial charge in [-0.05, 0) is 61.6 Å². The van der Waals surface area contributed by atoms with Gasteiger partial charge in [0.05, 0.1) is 6.61 Å². The van der Waals surface area contributed by atoms with Gasteiger partial charge in [-0.1, -0.05) is 24.3 Å². The summed E-state index contributed by atoms with van der Waals surface area (Å²) >= 11 is 0. The molecule has 0 aliphatic heterocycles. The third-order valence-corrected chi connectivity index (χ3v) is 4.42. The van der Waals surface area contributed by atoms with Gasteiger partial charge in [-0.15, -0.1) is 0 Å². The molecule has 2 aliphatic carbocycles. The molecule has 3 rings (SSSR count). The summed E-state index contributed by atoms with van der Waals surface area (Å²) in [6.45, 7) is 8.48. The third-order valence-electron chi connectivity index (χ3n) is 4.06. The topological polar surface area (TPSA) is 43.4 Å². The lowest BCUT2D eigenvalue weighted by Gasteiger charge is -2.21. The normalized spacial score (nSPS) is 10.9. The molecule has 1 aromatic carbocycles. The zero-order valence-corrected chi connectivity index (χ0v) is 14.2. The second-order valence-electron chi connectivity index (χ2n) is 5.26. The number of hydrogen-bond donors (Lipinski definition) is 0. The van der Waals surface area contributed by atoms with Gasteiger partial charge < -0.3 is 0 Å². The van der Waals surface area contributed by atoms with E-state index in [0.717, 1.165) is 22.3 Å². The average molecular weight is 314 g/mol. The van der Waals surface area contributed by atoms with E-state index in [1.807, 2.05) is 37.3 Å². The number of carbonyl (C=O) groups is 1. The number of fused-ring (bicyclic) bond motifs is 1. The number of aryl methyl sites for hydroxylation is 1. The van der Waals surface area contributed by atoms with Crippen LogP contribution in [-0.4, -0.2) is 12.4 Å². The SMILES string of the molecule is CCOP=O.Cc1ccc(C(=O)c2cc3ccc2-3)c(C)c1C. The summed E-state index contributed by atoms with van der Waals surface area (Å²) in [5.74, 6) is 0.161. The molecule has 2 aliphatic rings. The van der Waals surface area contributed by atoms with Gasteiger partial charge in [0.2, 0.25) is 0 Å². The molecule has 0 unspecified atom stereocenters. The lowest BCUT2D eigenvalue weighted by molar-refractivity contribution is 0.103. The predicted octanol–water partition coefficient (Wildman–Crippen LogP) is 5.05. The Hall–Kier alpha value is -1.83. The van der Waals surface area contributed by atoms with E-state index in [0.29, 0.717) is 6.61 Å². The number of rotatable bonds is 4. The molecule has 114 valence electrons. The minimum Gasteiger partial charge on any atom is -0.295 e. The first kappa shape index (κ1) is 16.5. The first-order chi connectivity index (χ1) is 10.5. The van der Waals surface area contributed by atoms with Gasteiger partial charge in [0.25, 0.3) is 0 Å². The molecule has 0 fully saturated rings. The maximum Gasteiger partial charge on any atom is 0.327 e. The van der Waals surface area contributed by atoms with Crippen LogP contribution in [0.4, 0.5) is 0 Å². The molecule has 0 spiro atoms. The molecule has 0 radical (unpaired) electrons. The highest BCUT2D eigenvalue weighted by Gasteiger charge is 2.24. The van der Waals surface area contributed by atoms with Gasteiger partial charge >= 0.3 is 8.69 Å². The fraction of sp³-hybridized carbons (Fsp3) is 0.278. The minimum absolute atomic E-state index is 0.161. The van der Waals surface area contributed by atoms with Crippen LogP contribution in [0.2, 0.25) is 0 Å². The zero-order valence-electron chi connectivity index (χ0n) is 13.3. The van der Waals surface area contributed by atoms with Gasteiger partial charge in [0, 0.05) is 11.1 Å². The van der Waals surface area contributed by atoms with Crippen LogP contribution >= 0.6 is 8.69 Å². The van der Waals surface area contributed by atoms with E-state index >= 15 is 0 Å². The second-order valence-corrected chi connectivity index (χ2v) is 5.67. The molecule has 3 nitrogen and oxygen atoms in total. The Morgan fingerprint density at radius 1 is 1.05 bits per heavy atom. The van der Waals surface area contributed by atoms with Crippen LogP contribution in [0, 0.1) is 20.8 Å².